The Hall–Kier alpha value is -6.87. The van der Waals surface area contributed by atoms with Gasteiger partial charge in [0, 0.05) is 56.1 Å². The van der Waals surface area contributed by atoms with E-state index >= 15 is 0 Å². The number of carbonyl (C=O) groups excluding carboxylic acids is 7. The van der Waals surface area contributed by atoms with Crippen LogP contribution in [-0.4, -0.2) is 147 Å². The van der Waals surface area contributed by atoms with Crippen LogP contribution >= 0.6 is 0 Å². The van der Waals surface area contributed by atoms with Gasteiger partial charge in [0.15, 0.2) is 11.5 Å². The summed E-state index contributed by atoms with van der Waals surface area (Å²) in [5.41, 5.74) is 3.36. The minimum Gasteiger partial charge on any atom is -0.377 e. The number of nitrogens with zero attached hydrogens (tertiary/aromatic N) is 7. The standard InChI is InChI=1S/C43H50N12O9/c1-25-3-2-4-32(50-25)40(59)51-28-17-29(18-28)54-24-49-37-38(47-23-48-39(37)54)46-20-26-9-12-53(13-10-26)36(58)22-64-16-15-63-14-11-44-35(57)21-45-27-5-6-30-31(19-27)43(62)55(42(30)61)33-7-8-34(56)52-41(33)60/h2-6,19,23-24,26,28-29,33,45H,7-18,20-22H2,1H3,(H,44,57)(H,51,59)(H,46,47,48)(H,52,56,60)/t28?,29?,33-/m0/s1. The number of aryl methyl sites for hydroxylation is 1. The van der Waals surface area contributed by atoms with Crippen molar-refractivity contribution < 1.29 is 43.0 Å². The summed E-state index contributed by atoms with van der Waals surface area (Å²) in [4.78, 5) is 108. The number of benzene rings is 1. The number of pyridine rings is 1. The van der Waals surface area contributed by atoms with Gasteiger partial charge in [-0.1, -0.05) is 6.07 Å². The number of ether oxygens (including phenoxy) is 2. The van der Waals surface area contributed by atoms with Crippen LogP contribution in [0.4, 0.5) is 11.5 Å². The monoisotopic (exact) mass is 878 g/mol. The maximum absolute atomic E-state index is 13.0. The van der Waals surface area contributed by atoms with E-state index in [9.17, 15) is 33.6 Å². The molecule has 3 aromatic heterocycles. The van der Waals surface area contributed by atoms with Crippen molar-refractivity contribution in [2.75, 3.05) is 69.8 Å². The molecule has 21 heteroatoms. The van der Waals surface area contributed by atoms with E-state index in [4.69, 9.17) is 9.47 Å². The molecule has 1 saturated carbocycles. The molecule has 0 radical (unpaired) electrons. The number of hydrogen-bond donors (Lipinski definition) is 5. The lowest BCUT2D eigenvalue weighted by molar-refractivity contribution is -0.138. The summed E-state index contributed by atoms with van der Waals surface area (Å²) in [7, 11) is 0. The predicted octanol–water partition coefficient (Wildman–Crippen LogP) is 0.976. The molecule has 1 aromatic carbocycles. The summed E-state index contributed by atoms with van der Waals surface area (Å²) >= 11 is 0. The summed E-state index contributed by atoms with van der Waals surface area (Å²) in [6.45, 7) is 4.57. The Bertz CT molecular complexity index is 2450. The normalized spacial score (nSPS) is 19.9. The molecule has 21 nitrogen and oxygen atoms in total. The van der Waals surface area contributed by atoms with Gasteiger partial charge in [-0.2, -0.15) is 0 Å². The van der Waals surface area contributed by atoms with Gasteiger partial charge in [0.05, 0.1) is 43.8 Å². The van der Waals surface area contributed by atoms with Crippen molar-refractivity contribution in [1.82, 2.24) is 50.3 Å². The van der Waals surface area contributed by atoms with Crippen LogP contribution in [0.25, 0.3) is 11.2 Å². The highest BCUT2D eigenvalue weighted by molar-refractivity contribution is 6.23. The molecule has 0 unspecified atom stereocenters. The molecule has 3 aliphatic heterocycles. The average Bonchev–Trinajstić information content (AvgIpc) is 3.81. The van der Waals surface area contributed by atoms with Crippen LogP contribution in [0.15, 0.2) is 49.1 Å². The first-order chi connectivity index (χ1) is 31.0. The molecular formula is C43H50N12O9. The number of amides is 7. The van der Waals surface area contributed by atoms with Gasteiger partial charge in [0.1, 0.15) is 30.2 Å². The Labute approximate surface area is 367 Å². The van der Waals surface area contributed by atoms with Crippen LogP contribution in [0, 0.1) is 12.8 Å². The van der Waals surface area contributed by atoms with Gasteiger partial charge in [-0.15, -0.1) is 0 Å². The van der Waals surface area contributed by atoms with Gasteiger partial charge in [0.25, 0.3) is 17.7 Å². The molecule has 1 aliphatic carbocycles. The first-order valence-electron chi connectivity index (χ1n) is 21.5. The fraction of sp³-hybridized carbons (Fsp3) is 0.465. The second-order valence-corrected chi connectivity index (χ2v) is 16.3. The summed E-state index contributed by atoms with van der Waals surface area (Å²) in [5, 5.41) is 14.3. The highest BCUT2D eigenvalue weighted by atomic mass is 16.5. The second kappa shape index (κ2) is 19.7. The van der Waals surface area contributed by atoms with Crippen molar-refractivity contribution in [3.05, 3.63) is 71.6 Å². The topological polar surface area (TPSA) is 261 Å². The quantitative estimate of drug-likeness (QED) is 0.0689. The number of imidazole rings is 1. The maximum atomic E-state index is 13.0. The largest absolute Gasteiger partial charge is 0.377 e. The number of aromatic nitrogens is 5. The summed E-state index contributed by atoms with van der Waals surface area (Å²) < 4.78 is 13.1. The summed E-state index contributed by atoms with van der Waals surface area (Å²) in [5.74, 6) is -1.93. The SMILES string of the molecule is Cc1cccc(C(=O)NC2CC(n3cnc4c(NCC5CCN(C(=O)COCCOCCNC(=O)CNc6ccc7c(c6)C(=O)N([C@H]6CCC(=O)NC6=O)C7=O)CC5)ncnc43)C2)n1. The number of likely N-dealkylation sites (tertiary alicyclic amines) is 1. The van der Waals surface area contributed by atoms with Crippen molar-refractivity contribution in [3.63, 3.8) is 0 Å². The number of hydrogen-bond acceptors (Lipinski definition) is 15. The van der Waals surface area contributed by atoms with E-state index in [0.29, 0.717) is 48.3 Å². The zero-order valence-corrected chi connectivity index (χ0v) is 35.3. The van der Waals surface area contributed by atoms with E-state index < -0.39 is 29.7 Å². The highest BCUT2D eigenvalue weighted by Crippen LogP contribution is 2.35. The van der Waals surface area contributed by atoms with E-state index in [-0.39, 0.29) is 93.3 Å². The summed E-state index contributed by atoms with van der Waals surface area (Å²) in [6.07, 6.45) is 6.61. The van der Waals surface area contributed by atoms with E-state index in [2.05, 4.69) is 51.1 Å². The molecule has 6 heterocycles. The van der Waals surface area contributed by atoms with Crippen LogP contribution in [-0.2, 0) is 28.7 Å². The zero-order chi connectivity index (χ0) is 44.7. The molecule has 5 N–H and O–H groups in total. The molecule has 7 amide bonds. The van der Waals surface area contributed by atoms with Crippen molar-refractivity contribution in [2.45, 2.75) is 63.6 Å². The molecule has 4 aliphatic rings. The minimum absolute atomic E-state index is 0.0295. The average molecular weight is 879 g/mol. The number of anilines is 2. The molecule has 4 aromatic rings. The number of rotatable bonds is 18. The van der Waals surface area contributed by atoms with Crippen molar-refractivity contribution in [3.8, 4) is 0 Å². The number of piperidine rings is 2. The molecule has 8 rings (SSSR count). The number of imide groups is 2. The van der Waals surface area contributed by atoms with Gasteiger partial charge in [-0.05, 0) is 75.3 Å². The van der Waals surface area contributed by atoms with Crippen LogP contribution < -0.4 is 26.6 Å². The first kappa shape index (κ1) is 43.8. The second-order valence-electron chi connectivity index (χ2n) is 16.3. The van der Waals surface area contributed by atoms with Crippen molar-refractivity contribution in [1.29, 1.82) is 0 Å². The Kier molecular flexibility index (Phi) is 13.5. The Morgan fingerprint density at radius 3 is 2.48 bits per heavy atom. The van der Waals surface area contributed by atoms with Gasteiger partial charge < -0.3 is 40.2 Å². The Morgan fingerprint density at radius 2 is 1.69 bits per heavy atom. The number of fused-ring (bicyclic) bond motifs is 2. The highest BCUT2D eigenvalue weighted by Gasteiger charge is 2.44. The Balaban J connectivity index is 0.663. The molecule has 64 heavy (non-hydrogen) atoms. The van der Waals surface area contributed by atoms with Crippen molar-refractivity contribution in [2.24, 2.45) is 5.92 Å². The minimum atomic E-state index is -1.06. The molecule has 3 fully saturated rings. The predicted molar refractivity (Wildman–Crippen MR) is 228 cm³/mol. The van der Waals surface area contributed by atoms with Gasteiger partial charge in [-0.3, -0.25) is 43.8 Å². The lowest BCUT2D eigenvalue weighted by Crippen LogP contribution is -2.54. The van der Waals surface area contributed by atoms with Crippen LogP contribution in [0.5, 0.6) is 0 Å². The number of nitrogens with one attached hydrogen (secondary N) is 5. The lowest BCUT2D eigenvalue weighted by atomic mass is 9.86. The molecule has 336 valence electrons. The molecule has 0 bridgehead atoms. The summed E-state index contributed by atoms with van der Waals surface area (Å²) in [6, 6.07) is 9.05. The van der Waals surface area contributed by atoms with Gasteiger partial charge >= 0.3 is 0 Å². The first-order valence-corrected chi connectivity index (χ1v) is 21.5. The van der Waals surface area contributed by atoms with Crippen LogP contribution in [0.3, 0.4) is 0 Å². The molecular weight excluding hydrogens is 829 g/mol. The van der Waals surface area contributed by atoms with Crippen LogP contribution in [0.1, 0.15) is 81.5 Å². The fourth-order valence-corrected chi connectivity index (χ4v) is 8.30. The third-order valence-electron chi connectivity index (χ3n) is 11.9. The maximum Gasteiger partial charge on any atom is 0.270 e. The Morgan fingerprint density at radius 1 is 0.891 bits per heavy atom. The smallest absolute Gasteiger partial charge is 0.270 e. The molecule has 2 saturated heterocycles. The van der Waals surface area contributed by atoms with E-state index in [1.54, 1.807) is 18.5 Å². The van der Waals surface area contributed by atoms with E-state index in [0.717, 1.165) is 41.9 Å². The fourth-order valence-electron chi connectivity index (χ4n) is 8.30. The zero-order valence-electron chi connectivity index (χ0n) is 35.3. The molecule has 1 atom stereocenters. The third kappa shape index (κ3) is 9.99. The van der Waals surface area contributed by atoms with Crippen molar-refractivity contribution >= 4 is 64.0 Å². The van der Waals surface area contributed by atoms with E-state index in [1.165, 1.54) is 18.5 Å². The third-order valence-corrected chi connectivity index (χ3v) is 11.9. The lowest BCUT2D eigenvalue weighted by Gasteiger charge is -2.36. The van der Waals surface area contributed by atoms with E-state index in [1.807, 2.05) is 24.0 Å². The van der Waals surface area contributed by atoms with Gasteiger partial charge in [-0.25, -0.2) is 19.9 Å². The number of carbonyl (C=O) groups is 7. The van der Waals surface area contributed by atoms with Crippen LogP contribution in [0.2, 0.25) is 0 Å². The molecule has 0 spiro atoms. The van der Waals surface area contributed by atoms with Gasteiger partial charge in [0.2, 0.25) is 23.6 Å².